The van der Waals surface area contributed by atoms with Gasteiger partial charge in [0.05, 0.1) is 6.10 Å². The van der Waals surface area contributed by atoms with E-state index in [1.165, 1.54) is 51.4 Å². The molecule has 17 heavy (non-hydrogen) atoms. The van der Waals surface area contributed by atoms with E-state index in [-0.39, 0.29) is 0 Å². The molecular formula is C15H27BrO. The molecule has 0 radical (unpaired) electrons. The highest BCUT2D eigenvalue weighted by Gasteiger charge is 2.54. The molecule has 100 valence electrons. The Hall–Kier alpha value is 0.440. The molecule has 2 heteroatoms. The maximum atomic E-state index is 6.16. The summed E-state index contributed by atoms with van der Waals surface area (Å²) < 4.78 is 6.16. The van der Waals surface area contributed by atoms with Crippen molar-refractivity contribution in [2.45, 2.75) is 76.1 Å². The molecule has 0 amide bonds. The standard InChI is InChI=1S/C15H27BrO/c1-12(2)7-6-10-17-14-11-13(16)15(14)8-4-3-5-9-15/h12-14H,3-11H2,1-2H3. The number of alkyl halides is 1. The van der Waals surface area contributed by atoms with E-state index >= 15 is 0 Å². The zero-order valence-corrected chi connectivity index (χ0v) is 13.0. The lowest BCUT2D eigenvalue weighted by Crippen LogP contribution is -2.56. The van der Waals surface area contributed by atoms with Gasteiger partial charge in [0, 0.05) is 16.8 Å². The SMILES string of the molecule is CC(C)CCCOC1CC(Br)C12CCCCC2. The average Bonchev–Trinajstić information content (AvgIpc) is 2.34. The van der Waals surface area contributed by atoms with Crippen LogP contribution >= 0.6 is 15.9 Å². The van der Waals surface area contributed by atoms with Crippen molar-refractivity contribution in [3.05, 3.63) is 0 Å². The van der Waals surface area contributed by atoms with Crippen LogP contribution in [0, 0.1) is 11.3 Å². The maximum absolute atomic E-state index is 6.16. The predicted octanol–water partition coefficient (Wildman–Crippen LogP) is 4.93. The van der Waals surface area contributed by atoms with E-state index in [2.05, 4.69) is 29.8 Å². The summed E-state index contributed by atoms with van der Waals surface area (Å²) in [6.07, 6.45) is 11.4. The van der Waals surface area contributed by atoms with Crippen molar-refractivity contribution in [3.63, 3.8) is 0 Å². The Morgan fingerprint density at radius 3 is 2.53 bits per heavy atom. The fraction of sp³-hybridized carbons (Fsp3) is 1.00. The van der Waals surface area contributed by atoms with Crippen LogP contribution in [0.4, 0.5) is 0 Å². The number of rotatable bonds is 5. The Labute approximate surface area is 115 Å². The lowest BCUT2D eigenvalue weighted by atomic mass is 9.58. The van der Waals surface area contributed by atoms with E-state index in [0.717, 1.165) is 17.4 Å². The molecule has 1 spiro atoms. The van der Waals surface area contributed by atoms with E-state index in [9.17, 15) is 0 Å². The molecule has 2 rings (SSSR count). The molecule has 0 heterocycles. The van der Waals surface area contributed by atoms with E-state index in [1.807, 2.05) is 0 Å². The van der Waals surface area contributed by atoms with Gasteiger partial charge in [-0.1, -0.05) is 49.0 Å². The number of hydrogen-bond acceptors (Lipinski definition) is 1. The molecule has 2 aliphatic rings. The molecule has 1 nitrogen and oxygen atoms in total. The summed E-state index contributed by atoms with van der Waals surface area (Å²) >= 11 is 3.87. The number of hydrogen-bond donors (Lipinski definition) is 0. The van der Waals surface area contributed by atoms with Gasteiger partial charge in [0.25, 0.3) is 0 Å². The Balaban J connectivity index is 1.73. The van der Waals surface area contributed by atoms with Crippen molar-refractivity contribution in [3.8, 4) is 0 Å². The van der Waals surface area contributed by atoms with Gasteiger partial charge in [0.2, 0.25) is 0 Å². The van der Waals surface area contributed by atoms with Gasteiger partial charge >= 0.3 is 0 Å². The highest BCUT2D eigenvalue weighted by Crippen LogP contribution is 2.56. The normalized spacial score (nSPS) is 31.8. The van der Waals surface area contributed by atoms with E-state index in [0.29, 0.717) is 11.5 Å². The molecule has 0 saturated heterocycles. The summed E-state index contributed by atoms with van der Waals surface area (Å²) in [5.41, 5.74) is 0.510. The summed E-state index contributed by atoms with van der Waals surface area (Å²) in [5.74, 6) is 0.813. The second-order valence-corrected chi connectivity index (χ2v) is 7.50. The summed E-state index contributed by atoms with van der Waals surface area (Å²) in [5, 5.41) is 0. The third-order valence-corrected chi connectivity index (χ3v) is 6.00. The monoisotopic (exact) mass is 302 g/mol. The van der Waals surface area contributed by atoms with Crippen LogP contribution in [0.1, 0.15) is 65.2 Å². The van der Waals surface area contributed by atoms with Gasteiger partial charge in [-0.15, -0.1) is 0 Å². The molecular weight excluding hydrogens is 276 g/mol. The quantitative estimate of drug-likeness (QED) is 0.517. The van der Waals surface area contributed by atoms with Crippen LogP contribution in [-0.2, 0) is 4.74 Å². The summed E-state index contributed by atoms with van der Waals surface area (Å²) in [7, 11) is 0. The molecule has 2 atom stereocenters. The maximum Gasteiger partial charge on any atom is 0.0652 e. The second kappa shape index (κ2) is 6.06. The van der Waals surface area contributed by atoms with Gasteiger partial charge in [-0.05, 0) is 38.0 Å². The third-order valence-electron chi connectivity index (χ3n) is 4.72. The topological polar surface area (TPSA) is 9.23 Å². The van der Waals surface area contributed by atoms with Crippen molar-refractivity contribution < 1.29 is 4.74 Å². The van der Waals surface area contributed by atoms with Gasteiger partial charge < -0.3 is 4.74 Å². The molecule has 0 aromatic carbocycles. The van der Waals surface area contributed by atoms with Crippen LogP contribution in [-0.4, -0.2) is 17.5 Å². The number of ether oxygens (including phenoxy) is 1. The van der Waals surface area contributed by atoms with Gasteiger partial charge in [0.15, 0.2) is 0 Å². The minimum Gasteiger partial charge on any atom is -0.378 e. The molecule has 0 N–H and O–H groups in total. The first-order valence-corrected chi connectivity index (χ1v) is 8.32. The molecule has 2 unspecified atom stereocenters. The van der Waals surface area contributed by atoms with Crippen LogP contribution in [0.3, 0.4) is 0 Å². The van der Waals surface area contributed by atoms with Gasteiger partial charge in [-0.2, -0.15) is 0 Å². The first kappa shape index (κ1) is 13.9. The van der Waals surface area contributed by atoms with E-state index in [4.69, 9.17) is 4.74 Å². The van der Waals surface area contributed by atoms with Crippen LogP contribution in [0.25, 0.3) is 0 Å². The minimum atomic E-state index is 0.510. The zero-order chi connectivity index (χ0) is 12.3. The molecule has 2 saturated carbocycles. The highest BCUT2D eigenvalue weighted by molar-refractivity contribution is 9.09. The van der Waals surface area contributed by atoms with Crippen molar-refractivity contribution in [1.82, 2.24) is 0 Å². The minimum absolute atomic E-state index is 0.510. The van der Waals surface area contributed by atoms with Crippen LogP contribution in [0.2, 0.25) is 0 Å². The van der Waals surface area contributed by atoms with E-state index in [1.54, 1.807) is 0 Å². The van der Waals surface area contributed by atoms with Crippen LogP contribution in [0.5, 0.6) is 0 Å². The number of halogens is 1. The lowest BCUT2D eigenvalue weighted by molar-refractivity contribution is -0.121. The van der Waals surface area contributed by atoms with Gasteiger partial charge in [0.1, 0.15) is 0 Å². The van der Waals surface area contributed by atoms with Crippen molar-refractivity contribution in [2.24, 2.45) is 11.3 Å². The third kappa shape index (κ3) is 3.07. The van der Waals surface area contributed by atoms with Crippen LogP contribution < -0.4 is 0 Å². The summed E-state index contributed by atoms with van der Waals surface area (Å²) in [6.45, 7) is 5.56. The molecule has 2 fully saturated rings. The van der Waals surface area contributed by atoms with Gasteiger partial charge in [-0.3, -0.25) is 0 Å². The Bertz CT molecular complexity index is 233. The molecule has 0 aromatic heterocycles. The largest absolute Gasteiger partial charge is 0.378 e. The van der Waals surface area contributed by atoms with Crippen molar-refractivity contribution in [1.29, 1.82) is 0 Å². The Morgan fingerprint density at radius 1 is 1.24 bits per heavy atom. The van der Waals surface area contributed by atoms with E-state index < -0.39 is 0 Å². The fourth-order valence-electron chi connectivity index (χ4n) is 3.49. The van der Waals surface area contributed by atoms with Gasteiger partial charge in [-0.25, -0.2) is 0 Å². The van der Waals surface area contributed by atoms with Crippen LogP contribution in [0.15, 0.2) is 0 Å². The summed E-state index contributed by atoms with van der Waals surface area (Å²) in [4.78, 5) is 0.727. The lowest BCUT2D eigenvalue weighted by Gasteiger charge is -2.55. The first-order valence-electron chi connectivity index (χ1n) is 7.41. The average molecular weight is 303 g/mol. The fourth-order valence-corrected chi connectivity index (χ4v) is 4.59. The summed E-state index contributed by atoms with van der Waals surface area (Å²) in [6, 6.07) is 0. The molecule has 0 aliphatic heterocycles. The molecule has 0 bridgehead atoms. The van der Waals surface area contributed by atoms with Crippen molar-refractivity contribution >= 4 is 15.9 Å². The Kier molecular flexibility index (Phi) is 4.94. The molecule has 2 aliphatic carbocycles. The predicted molar refractivity (Wildman–Crippen MR) is 76.7 cm³/mol. The highest BCUT2D eigenvalue weighted by atomic mass is 79.9. The molecule has 0 aromatic rings. The Morgan fingerprint density at radius 2 is 1.94 bits per heavy atom. The smallest absolute Gasteiger partial charge is 0.0652 e. The zero-order valence-electron chi connectivity index (χ0n) is 11.4. The second-order valence-electron chi connectivity index (χ2n) is 6.39. The van der Waals surface area contributed by atoms with Crippen molar-refractivity contribution in [2.75, 3.05) is 6.61 Å². The first-order chi connectivity index (χ1) is 8.15.